The number of allylic oxidation sites excluding steroid dienone is 1. The number of likely N-dealkylation sites (N-methyl/N-ethyl adjacent to an activating group) is 1. The van der Waals surface area contributed by atoms with Crippen molar-refractivity contribution in [3.63, 3.8) is 0 Å². The number of hydrogen-bond donors (Lipinski definition) is 0. The molecular formula is C15H17NO5S. The molecule has 7 heteroatoms. The third-order valence-corrected chi connectivity index (χ3v) is 5.12. The second-order valence-corrected chi connectivity index (χ2v) is 7.22. The SMILES string of the molecule is CC(=O)C1=C(OC(=O)C(C)C)c2ccccc2S(=O)(=O)N1C. The molecule has 0 bridgehead atoms. The molecule has 22 heavy (non-hydrogen) atoms. The molecule has 1 aromatic rings. The van der Waals surface area contributed by atoms with E-state index in [1.807, 2.05) is 0 Å². The molecule has 0 spiro atoms. The Morgan fingerprint density at radius 1 is 1.18 bits per heavy atom. The van der Waals surface area contributed by atoms with Crippen LogP contribution in [0.15, 0.2) is 34.9 Å². The van der Waals surface area contributed by atoms with Crippen molar-refractivity contribution in [2.75, 3.05) is 7.05 Å². The van der Waals surface area contributed by atoms with Crippen molar-refractivity contribution in [3.8, 4) is 0 Å². The molecular weight excluding hydrogens is 306 g/mol. The predicted octanol–water partition coefficient (Wildman–Crippen LogP) is 1.78. The summed E-state index contributed by atoms with van der Waals surface area (Å²) < 4.78 is 31.2. The third kappa shape index (κ3) is 2.52. The zero-order valence-electron chi connectivity index (χ0n) is 12.8. The molecule has 0 aliphatic carbocycles. The van der Waals surface area contributed by atoms with E-state index in [4.69, 9.17) is 4.74 Å². The van der Waals surface area contributed by atoms with Crippen LogP contribution in [-0.4, -0.2) is 31.5 Å². The summed E-state index contributed by atoms with van der Waals surface area (Å²) in [5.74, 6) is -1.45. The topological polar surface area (TPSA) is 80.8 Å². The van der Waals surface area contributed by atoms with Crippen molar-refractivity contribution in [1.29, 1.82) is 0 Å². The van der Waals surface area contributed by atoms with Crippen molar-refractivity contribution in [2.45, 2.75) is 25.7 Å². The van der Waals surface area contributed by atoms with Gasteiger partial charge in [-0.2, -0.15) is 0 Å². The summed E-state index contributed by atoms with van der Waals surface area (Å²) in [6.07, 6.45) is 0. The molecule has 1 aromatic carbocycles. The number of Topliss-reactive ketones (excluding diaryl/α,β-unsaturated/α-hetero) is 1. The fourth-order valence-electron chi connectivity index (χ4n) is 2.12. The van der Waals surface area contributed by atoms with E-state index in [1.165, 1.54) is 26.1 Å². The summed E-state index contributed by atoms with van der Waals surface area (Å²) in [5.41, 5.74) is 0.0764. The number of fused-ring (bicyclic) bond motifs is 1. The van der Waals surface area contributed by atoms with Gasteiger partial charge in [0, 0.05) is 19.5 Å². The van der Waals surface area contributed by atoms with E-state index >= 15 is 0 Å². The summed E-state index contributed by atoms with van der Waals surface area (Å²) in [4.78, 5) is 23.8. The summed E-state index contributed by atoms with van der Waals surface area (Å²) in [6.45, 7) is 4.55. The Hall–Kier alpha value is -2.15. The van der Waals surface area contributed by atoms with Crippen molar-refractivity contribution in [2.24, 2.45) is 5.92 Å². The van der Waals surface area contributed by atoms with Crippen molar-refractivity contribution >= 4 is 27.5 Å². The number of hydrogen-bond acceptors (Lipinski definition) is 5. The summed E-state index contributed by atoms with van der Waals surface area (Å²) in [6, 6.07) is 6.14. The van der Waals surface area contributed by atoms with Crippen LogP contribution in [0.1, 0.15) is 26.3 Å². The van der Waals surface area contributed by atoms with Gasteiger partial charge in [-0.3, -0.25) is 13.9 Å². The monoisotopic (exact) mass is 323 g/mol. The average molecular weight is 323 g/mol. The quantitative estimate of drug-likeness (QED) is 0.792. The van der Waals surface area contributed by atoms with E-state index in [1.54, 1.807) is 26.0 Å². The molecule has 0 N–H and O–H groups in total. The minimum atomic E-state index is -3.84. The van der Waals surface area contributed by atoms with Crippen LogP contribution in [0.5, 0.6) is 0 Å². The van der Waals surface area contributed by atoms with Crippen LogP contribution in [0.4, 0.5) is 0 Å². The van der Waals surface area contributed by atoms with Crippen LogP contribution in [0.25, 0.3) is 5.76 Å². The number of carbonyl (C=O) groups is 2. The maximum absolute atomic E-state index is 12.5. The second kappa shape index (κ2) is 5.57. The highest BCUT2D eigenvalue weighted by atomic mass is 32.2. The predicted molar refractivity (Wildman–Crippen MR) is 79.9 cm³/mol. The lowest BCUT2D eigenvalue weighted by Gasteiger charge is -2.29. The maximum Gasteiger partial charge on any atom is 0.313 e. The van der Waals surface area contributed by atoms with Gasteiger partial charge in [0.25, 0.3) is 10.0 Å². The van der Waals surface area contributed by atoms with Gasteiger partial charge in [-0.15, -0.1) is 0 Å². The normalized spacial score (nSPS) is 16.5. The number of ketones is 1. The molecule has 1 aliphatic rings. The minimum absolute atomic E-state index is 0.00839. The second-order valence-electron chi connectivity index (χ2n) is 5.28. The largest absolute Gasteiger partial charge is 0.423 e. The van der Waals surface area contributed by atoms with Gasteiger partial charge < -0.3 is 4.74 Å². The molecule has 118 valence electrons. The number of nitrogens with zero attached hydrogens (tertiary/aromatic N) is 1. The molecule has 1 aliphatic heterocycles. The first-order valence-corrected chi connectivity index (χ1v) is 8.17. The number of benzene rings is 1. The first-order valence-electron chi connectivity index (χ1n) is 6.73. The van der Waals surface area contributed by atoms with Crippen LogP contribution in [0, 0.1) is 5.92 Å². The van der Waals surface area contributed by atoms with Gasteiger partial charge >= 0.3 is 5.97 Å². The van der Waals surface area contributed by atoms with Gasteiger partial charge in [0.2, 0.25) is 0 Å². The van der Waals surface area contributed by atoms with Gasteiger partial charge in [0.15, 0.2) is 11.5 Å². The van der Waals surface area contributed by atoms with Gasteiger partial charge in [0.1, 0.15) is 5.70 Å². The van der Waals surface area contributed by atoms with Crippen LogP contribution < -0.4 is 0 Å². The van der Waals surface area contributed by atoms with Gasteiger partial charge in [-0.05, 0) is 12.1 Å². The van der Waals surface area contributed by atoms with E-state index in [9.17, 15) is 18.0 Å². The van der Waals surface area contributed by atoms with Crippen LogP contribution in [0.3, 0.4) is 0 Å². The molecule has 1 heterocycles. The summed E-state index contributed by atoms with van der Waals surface area (Å²) in [5, 5.41) is 0. The van der Waals surface area contributed by atoms with Crippen molar-refractivity contribution in [1.82, 2.24) is 4.31 Å². The van der Waals surface area contributed by atoms with E-state index in [-0.39, 0.29) is 21.9 Å². The molecule has 0 saturated carbocycles. The average Bonchev–Trinajstić information content (AvgIpc) is 2.44. The van der Waals surface area contributed by atoms with E-state index < -0.39 is 27.7 Å². The molecule has 0 saturated heterocycles. The lowest BCUT2D eigenvalue weighted by molar-refractivity contribution is -0.140. The summed E-state index contributed by atoms with van der Waals surface area (Å²) >= 11 is 0. The Balaban J connectivity index is 2.75. The first kappa shape index (κ1) is 16.2. The number of rotatable bonds is 3. The molecule has 6 nitrogen and oxygen atoms in total. The zero-order valence-corrected chi connectivity index (χ0v) is 13.6. The summed E-state index contributed by atoms with van der Waals surface area (Å²) in [7, 11) is -2.57. The lowest BCUT2D eigenvalue weighted by atomic mass is 10.1. The van der Waals surface area contributed by atoms with E-state index in [0.717, 1.165) is 4.31 Å². The number of esters is 1. The molecule has 0 fully saturated rings. The fourth-order valence-corrected chi connectivity index (χ4v) is 3.56. The molecule has 0 unspecified atom stereocenters. The number of sulfonamides is 1. The van der Waals surface area contributed by atoms with E-state index in [0.29, 0.717) is 0 Å². The van der Waals surface area contributed by atoms with Crippen LogP contribution in [-0.2, 0) is 24.3 Å². The highest BCUT2D eigenvalue weighted by molar-refractivity contribution is 7.89. The third-order valence-electron chi connectivity index (χ3n) is 3.31. The Morgan fingerprint density at radius 2 is 1.77 bits per heavy atom. The standard InChI is InChI=1S/C15H17NO5S/c1-9(2)15(18)21-14-11-7-5-6-8-12(11)22(19,20)16(4)13(14)10(3)17/h5-9H,1-4H3. The Bertz CT molecular complexity index is 777. The highest BCUT2D eigenvalue weighted by Crippen LogP contribution is 2.37. The zero-order chi connectivity index (χ0) is 16.7. The lowest BCUT2D eigenvalue weighted by Crippen LogP contribution is -2.35. The van der Waals surface area contributed by atoms with Crippen LogP contribution in [0.2, 0.25) is 0 Å². The van der Waals surface area contributed by atoms with Gasteiger partial charge in [0.05, 0.1) is 10.8 Å². The minimum Gasteiger partial charge on any atom is -0.423 e. The van der Waals surface area contributed by atoms with Crippen molar-refractivity contribution in [3.05, 3.63) is 35.5 Å². The van der Waals surface area contributed by atoms with Crippen molar-refractivity contribution < 1.29 is 22.7 Å². The van der Waals surface area contributed by atoms with Gasteiger partial charge in [-0.25, -0.2) is 8.42 Å². The highest BCUT2D eigenvalue weighted by Gasteiger charge is 2.38. The molecule has 2 rings (SSSR count). The molecule has 0 radical (unpaired) electrons. The molecule has 0 atom stereocenters. The number of ether oxygens (including phenoxy) is 1. The Morgan fingerprint density at radius 3 is 2.32 bits per heavy atom. The number of carbonyl (C=O) groups excluding carboxylic acids is 2. The smallest absolute Gasteiger partial charge is 0.313 e. The van der Waals surface area contributed by atoms with Gasteiger partial charge in [-0.1, -0.05) is 26.0 Å². The molecule has 0 aromatic heterocycles. The molecule has 0 amide bonds. The fraction of sp³-hybridized carbons (Fsp3) is 0.333. The van der Waals surface area contributed by atoms with Crippen LogP contribution >= 0.6 is 0 Å². The Labute approximate surface area is 129 Å². The Kier molecular flexibility index (Phi) is 4.10. The maximum atomic E-state index is 12.5. The van der Waals surface area contributed by atoms with E-state index in [2.05, 4.69) is 0 Å². The first-order chi connectivity index (χ1) is 10.2.